The molecule has 0 saturated carbocycles. The van der Waals surface area contributed by atoms with Crippen LogP contribution in [0.3, 0.4) is 0 Å². The van der Waals surface area contributed by atoms with Gasteiger partial charge in [-0.2, -0.15) is 0 Å². The zero-order chi connectivity index (χ0) is 24.0. The maximum atomic E-state index is 12.5. The van der Waals surface area contributed by atoms with Gasteiger partial charge in [0.15, 0.2) is 0 Å². The minimum Gasteiger partial charge on any atom is -0.445 e. The molecular formula is C23H35N3O6. The zero-order valence-electron chi connectivity index (χ0n) is 19.8. The Morgan fingerprint density at radius 1 is 0.969 bits per heavy atom. The average molecular weight is 450 g/mol. The maximum Gasteiger partial charge on any atom is 0.410 e. The molecule has 0 bridgehead atoms. The first-order valence-electron chi connectivity index (χ1n) is 10.7. The largest absolute Gasteiger partial charge is 0.445 e. The third kappa shape index (κ3) is 8.64. The van der Waals surface area contributed by atoms with Crippen molar-refractivity contribution in [3.05, 3.63) is 35.9 Å². The minimum absolute atomic E-state index is 0.0686. The smallest absolute Gasteiger partial charge is 0.410 e. The summed E-state index contributed by atoms with van der Waals surface area (Å²) in [5.41, 5.74) is -1.37. The molecule has 32 heavy (non-hydrogen) atoms. The van der Waals surface area contributed by atoms with E-state index in [0.29, 0.717) is 13.0 Å². The van der Waals surface area contributed by atoms with E-state index in [4.69, 9.17) is 14.2 Å². The van der Waals surface area contributed by atoms with Crippen LogP contribution in [0.2, 0.25) is 0 Å². The van der Waals surface area contributed by atoms with E-state index in [1.165, 1.54) is 4.90 Å². The lowest BCUT2D eigenvalue weighted by atomic mass is 9.99. The van der Waals surface area contributed by atoms with Gasteiger partial charge >= 0.3 is 18.3 Å². The molecular weight excluding hydrogens is 414 g/mol. The van der Waals surface area contributed by atoms with E-state index in [1.807, 2.05) is 30.3 Å². The fourth-order valence-electron chi connectivity index (χ4n) is 3.18. The van der Waals surface area contributed by atoms with Gasteiger partial charge in [0.1, 0.15) is 17.8 Å². The van der Waals surface area contributed by atoms with Gasteiger partial charge in [-0.25, -0.2) is 14.4 Å². The molecule has 0 spiro atoms. The highest BCUT2D eigenvalue weighted by Crippen LogP contribution is 2.24. The summed E-state index contributed by atoms with van der Waals surface area (Å²) in [5.74, 6) is 0. The summed E-state index contributed by atoms with van der Waals surface area (Å²) in [6, 6.07) is 9.31. The van der Waals surface area contributed by atoms with Crippen LogP contribution in [0.15, 0.2) is 30.3 Å². The third-order valence-electron chi connectivity index (χ3n) is 4.56. The molecule has 0 aliphatic carbocycles. The third-order valence-corrected chi connectivity index (χ3v) is 4.56. The van der Waals surface area contributed by atoms with Crippen molar-refractivity contribution in [1.82, 2.24) is 15.5 Å². The van der Waals surface area contributed by atoms with Crippen LogP contribution in [0.4, 0.5) is 14.4 Å². The van der Waals surface area contributed by atoms with Crippen molar-refractivity contribution in [2.24, 2.45) is 0 Å². The fourth-order valence-corrected chi connectivity index (χ4v) is 3.18. The van der Waals surface area contributed by atoms with Crippen molar-refractivity contribution in [2.45, 2.75) is 71.3 Å². The normalized spacial score (nSPS) is 18.6. The Morgan fingerprint density at radius 2 is 1.59 bits per heavy atom. The van der Waals surface area contributed by atoms with Crippen LogP contribution in [0.25, 0.3) is 0 Å². The number of nitrogens with one attached hydrogen (secondary N) is 2. The molecule has 1 aliphatic rings. The monoisotopic (exact) mass is 449 g/mol. The van der Waals surface area contributed by atoms with Gasteiger partial charge in [-0.3, -0.25) is 0 Å². The minimum atomic E-state index is -0.912. The van der Waals surface area contributed by atoms with E-state index in [0.717, 1.165) is 5.56 Å². The molecule has 2 rings (SSSR count). The Balaban J connectivity index is 2.01. The summed E-state index contributed by atoms with van der Waals surface area (Å²) in [6.45, 7) is 11.4. The molecule has 1 heterocycles. The van der Waals surface area contributed by atoms with Gasteiger partial charge in [0, 0.05) is 19.6 Å². The quantitative estimate of drug-likeness (QED) is 0.662. The van der Waals surface area contributed by atoms with Crippen molar-refractivity contribution in [3.8, 4) is 0 Å². The predicted molar refractivity (Wildman–Crippen MR) is 119 cm³/mol. The SMILES string of the molecule is CC(C)(C)OC(=O)NC1(CNC(=O)OCc2ccccc2)CCN(C(=O)OC(C)(C)C)C1. The van der Waals surface area contributed by atoms with E-state index in [1.54, 1.807) is 41.5 Å². The molecule has 1 saturated heterocycles. The Bertz CT molecular complexity index is 800. The lowest BCUT2D eigenvalue weighted by molar-refractivity contribution is 0.0262. The molecule has 1 unspecified atom stereocenters. The van der Waals surface area contributed by atoms with Gasteiger partial charge in [0.05, 0.1) is 5.54 Å². The first-order chi connectivity index (χ1) is 14.8. The molecule has 0 radical (unpaired) electrons. The number of nitrogens with zero attached hydrogens (tertiary/aromatic N) is 1. The molecule has 9 nitrogen and oxygen atoms in total. The van der Waals surface area contributed by atoms with Crippen molar-refractivity contribution in [3.63, 3.8) is 0 Å². The number of ether oxygens (including phenoxy) is 3. The number of hydrogen-bond acceptors (Lipinski definition) is 6. The first-order valence-corrected chi connectivity index (χ1v) is 10.7. The van der Waals surface area contributed by atoms with E-state index in [9.17, 15) is 14.4 Å². The standard InChI is InChI=1S/C23H35N3O6/c1-21(2,3)31-19(28)25-23(12-13-26(16-23)20(29)32-22(4,5)6)15-24-18(27)30-14-17-10-8-7-9-11-17/h7-11H,12-16H2,1-6H3,(H,24,27)(H,25,28). The maximum absolute atomic E-state index is 12.5. The lowest BCUT2D eigenvalue weighted by Gasteiger charge is -2.32. The Labute approximate surface area is 189 Å². The number of benzene rings is 1. The molecule has 178 valence electrons. The van der Waals surface area contributed by atoms with E-state index in [-0.39, 0.29) is 19.7 Å². The summed E-state index contributed by atoms with van der Waals surface area (Å²) in [7, 11) is 0. The fraction of sp³-hybridized carbons (Fsp3) is 0.609. The number of hydrogen-bond donors (Lipinski definition) is 2. The highest BCUT2D eigenvalue weighted by atomic mass is 16.6. The van der Waals surface area contributed by atoms with Gasteiger partial charge in [0.2, 0.25) is 0 Å². The molecule has 1 aromatic rings. The van der Waals surface area contributed by atoms with E-state index < -0.39 is 35.0 Å². The highest BCUT2D eigenvalue weighted by Gasteiger charge is 2.43. The van der Waals surface area contributed by atoms with Crippen LogP contribution in [0.5, 0.6) is 0 Å². The Kier molecular flexibility index (Phi) is 7.98. The number of amides is 3. The molecule has 9 heteroatoms. The summed E-state index contributed by atoms with van der Waals surface area (Å²) in [6.07, 6.45) is -1.29. The number of rotatable bonds is 5. The van der Waals surface area contributed by atoms with Gasteiger partial charge in [-0.1, -0.05) is 30.3 Å². The van der Waals surface area contributed by atoms with E-state index in [2.05, 4.69) is 10.6 Å². The van der Waals surface area contributed by atoms with Gasteiger partial charge in [0.25, 0.3) is 0 Å². The van der Waals surface area contributed by atoms with Crippen molar-refractivity contribution >= 4 is 18.3 Å². The van der Waals surface area contributed by atoms with Crippen LogP contribution in [0.1, 0.15) is 53.5 Å². The molecule has 1 atom stereocenters. The second-order valence-electron chi connectivity index (χ2n) is 9.97. The second kappa shape index (κ2) is 10.1. The Hall–Kier alpha value is -2.97. The molecule has 1 aromatic carbocycles. The van der Waals surface area contributed by atoms with Crippen LogP contribution < -0.4 is 10.6 Å². The topological polar surface area (TPSA) is 106 Å². The summed E-state index contributed by atoms with van der Waals surface area (Å²) < 4.78 is 16.1. The second-order valence-corrected chi connectivity index (χ2v) is 9.97. The zero-order valence-corrected chi connectivity index (χ0v) is 19.8. The van der Waals surface area contributed by atoms with Gasteiger partial charge < -0.3 is 29.7 Å². The summed E-state index contributed by atoms with van der Waals surface area (Å²) >= 11 is 0. The summed E-state index contributed by atoms with van der Waals surface area (Å²) in [5, 5.41) is 5.55. The van der Waals surface area contributed by atoms with Crippen molar-refractivity contribution in [1.29, 1.82) is 0 Å². The highest BCUT2D eigenvalue weighted by molar-refractivity contribution is 5.72. The van der Waals surface area contributed by atoms with Crippen molar-refractivity contribution in [2.75, 3.05) is 19.6 Å². The van der Waals surface area contributed by atoms with Crippen LogP contribution in [0, 0.1) is 0 Å². The summed E-state index contributed by atoms with van der Waals surface area (Å²) in [4.78, 5) is 38.7. The number of likely N-dealkylation sites (tertiary alicyclic amines) is 1. The van der Waals surface area contributed by atoms with E-state index >= 15 is 0 Å². The first kappa shape index (κ1) is 25.3. The number of carbonyl (C=O) groups excluding carboxylic acids is 3. The predicted octanol–water partition coefficient (Wildman–Crippen LogP) is 3.82. The van der Waals surface area contributed by atoms with Crippen LogP contribution >= 0.6 is 0 Å². The van der Waals surface area contributed by atoms with Crippen molar-refractivity contribution < 1.29 is 28.6 Å². The number of carbonyl (C=O) groups is 3. The lowest BCUT2D eigenvalue weighted by Crippen LogP contribution is -2.58. The van der Waals surface area contributed by atoms with Crippen LogP contribution in [-0.2, 0) is 20.8 Å². The molecule has 3 amide bonds. The van der Waals surface area contributed by atoms with Gasteiger partial charge in [-0.05, 0) is 53.5 Å². The molecule has 1 fully saturated rings. The molecule has 1 aliphatic heterocycles. The average Bonchev–Trinajstić information content (AvgIpc) is 3.07. The van der Waals surface area contributed by atoms with Crippen LogP contribution in [-0.4, -0.2) is 59.6 Å². The molecule has 0 aromatic heterocycles. The molecule has 2 N–H and O–H groups in total. The number of alkyl carbamates (subject to hydrolysis) is 2. The van der Waals surface area contributed by atoms with Gasteiger partial charge in [-0.15, -0.1) is 0 Å². The Morgan fingerprint density at radius 3 is 2.19 bits per heavy atom.